The van der Waals surface area contributed by atoms with Gasteiger partial charge in [0.25, 0.3) is 5.91 Å². The van der Waals surface area contributed by atoms with Gasteiger partial charge in [0.05, 0.1) is 12.2 Å². The minimum atomic E-state index is -0.783. The number of benzene rings is 2. The zero-order valence-corrected chi connectivity index (χ0v) is 16.0. The fourth-order valence-corrected chi connectivity index (χ4v) is 2.63. The third kappa shape index (κ3) is 5.29. The molecule has 27 heavy (non-hydrogen) atoms. The Hall–Kier alpha value is -2.89. The monoisotopic (exact) mass is 372 g/mol. The van der Waals surface area contributed by atoms with Gasteiger partial charge in [0.15, 0.2) is 0 Å². The van der Waals surface area contributed by atoms with E-state index in [-0.39, 0.29) is 5.92 Å². The zero-order valence-electron chi connectivity index (χ0n) is 16.0. The van der Waals surface area contributed by atoms with Crippen molar-refractivity contribution in [2.24, 2.45) is 5.92 Å². The topological polar surface area (TPSA) is 67.4 Å². The van der Waals surface area contributed by atoms with E-state index in [0.29, 0.717) is 23.6 Å². The molecule has 2 rings (SSSR count). The Morgan fingerprint density at radius 3 is 2.52 bits per heavy atom. The third-order valence-electron chi connectivity index (χ3n) is 4.12. The number of amides is 2. The van der Waals surface area contributed by atoms with Gasteiger partial charge in [0, 0.05) is 5.69 Å². The van der Waals surface area contributed by atoms with Crippen LogP contribution in [0.1, 0.15) is 36.7 Å². The molecular formula is C21H25FN2O3. The van der Waals surface area contributed by atoms with Crippen molar-refractivity contribution < 1.29 is 18.7 Å². The molecule has 0 saturated heterocycles. The Labute approximate surface area is 158 Å². The van der Waals surface area contributed by atoms with Crippen LogP contribution in [0.25, 0.3) is 0 Å². The van der Waals surface area contributed by atoms with E-state index in [2.05, 4.69) is 10.6 Å². The number of halogens is 1. The Morgan fingerprint density at radius 2 is 1.85 bits per heavy atom. The highest BCUT2D eigenvalue weighted by Gasteiger charge is 2.26. The number of nitrogens with one attached hydrogen (secondary N) is 2. The first-order valence-corrected chi connectivity index (χ1v) is 8.93. The minimum Gasteiger partial charge on any atom is -0.493 e. The van der Waals surface area contributed by atoms with Gasteiger partial charge in [-0.25, -0.2) is 4.39 Å². The molecule has 5 nitrogen and oxygen atoms in total. The summed E-state index contributed by atoms with van der Waals surface area (Å²) in [4.78, 5) is 25.4. The number of hydrogen-bond acceptors (Lipinski definition) is 3. The van der Waals surface area contributed by atoms with E-state index in [1.54, 1.807) is 37.3 Å². The lowest BCUT2D eigenvalue weighted by molar-refractivity contribution is -0.118. The molecule has 0 aromatic heterocycles. The predicted octanol–water partition coefficient (Wildman–Crippen LogP) is 3.93. The van der Waals surface area contributed by atoms with Crippen LogP contribution in [0.2, 0.25) is 0 Å². The summed E-state index contributed by atoms with van der Waals surface area (Å²) in [5.74, 6) is -0.945. The number of hydrogen-bond donors (Lipinski definition) is 2. The van der Waals surface area contributed by atoms with E-state index in [9.17, 15) is 14.0 Å². The number of para-hydroxylation sites is 1. The van der Waals surface area contributed by atoms with Crippen LogP contribution < -0.4 is 15.4 Å². The molecule has 6 heteroatoms. The van der Waals surface area contributed by atoms with E-state index < -0.39 is 23.7 Å². The van der Waals surface area contributed by atoms with Crippen molar-refractivity contribution in [3.05, 3.63) is 59.4 Å². The number of aryl methyl sites for hydroxylation is 1. The normalized spacial score (nSPS) is 11.8. The average Bonchev–Trinajstić information content (AvgIpc) is 2.63. The van der Waals surface area contributed by atoms with Gasteiger partial charge in [-0.15, -0.1) is 0 Å². The Balaban J connectivity index is 2.19. The summed E-state index contributed by atoms with van der Waals surface area (Å²) in [6.45, 7) is 7.70. The van der Waals surface area contributed by atoms with E-state index in [0.717, 1.165) is 5.56 Å². The SMILES string of the molecule is CCOc1ccccc1C(=O)N[C@H](C(=O)Nc1cc(F)ccc1C)C(C)C. The van der Waals surface area contributed by atoms with Crippen LogP contribution in [0.15, 0.2) is 42.5 Å². The minimum absolute atomic E-state index is 0.165. The van der Waals surface area contributed by atoms with E-state index in [1.807, 2.05) is 20.8 Å². The molecule has 1 atom stereocenters. The first-order chi connectivity index (χ1) is 12.8. The molecule has 0 radical (unpaired) electrons. The molecule has 0 fully saturated rings. The molecule has 0 heterocycles. The summed E-state index contributed by atoms with van der Waals surface area (Å²) < 4.78 is 19.0. The fraction of sp³-hybridized carbons (Fsp3) is 0.333. The number of carbonyl (C=O) groups excluding carboxylic acids is 2. The quantitative estimate of drug-likeness (QED) is 0.774. The number of ether oxygens (including phenoxy) is 1. The van der Waals surface area contributed by atoms with Crippen LogP contribution in [0.4, 0.5) is 10.1 Å². The molecule has 0 aliphatic rings. The number of anilines is 1. The maximum Gasteiger partial charge on any atom is 0.255 e. The summed E-state index contributed by atoms with van der Waals surface area (Å²) in [6.07, 6.45) is 0. The van der Waals surface area contributed by atoms with Crippen molar-refractivity contribution in [3.8, 4) is 5.75 Å². The van der Waals surface area contributed by atoms with Gasteiger partial charge in [0.1, 0.15) is 17.6 Å². The smallest absolute Gasteiger partial charge is 0.255 e. The van der Waals surface area contributed by atoms with Crippen molar-refractivity contribution in [2.45, 2.75) is 33.7 Å². The Morgan fingerprint density at radius 1 is 1.15 bits per heavy atom. The summed E-state index contributed by atoms with van der Waals surface area (Å²) >= 11 is 0. The second kappa shape index (κ2) is 9.16. The first kappa shape index (κ1) is 20.4. The van der Waals surface area contributed by atoms with Gasteiger partial charge < -0.3 is 15.4 Å². The van der Waals surface area contributed by atoms with Gasteiger partial charge >= 0.3 is 0 Å². The van der Waals surface area contributed by atoms with Crippen LogP contribution in [-0.2, 0) is 4.79 Å². The molecule has 0 unspecified atom stereocenters. The number of carbonyl (C=O) groups is 2. The maximum atomic E-state index is 13.5. The molecule has 0 aliphatic carbocycles. The van der Waals surface area contributed by atoms with Crippen molar-refractivity contribution in [1.82, 2.24) is 5.32 Å². The highest BCUT2D eigenvalue weighted by Crippen LogP contribution is 2.20. The standard InChI is InChI=1S/C21H25FN2O3/c1-5-27-18-9-7-6-8-16(18)20(25)24-19(13(2)3)21(26)23-17-12-15(22)11-10-14(17)4/h6-13,19H,5H2,1-4H3,(H,23,26)(H,24,25)/t19-/m0/s1. The van der Waals surface area contributed by atoms with Gasteiger partial charge in [-0.2, -0.15) is 0 Å². The first-order valence-electron chi connectivity index (χ1n) is 8.93. The van der Waals surface area contributed by atoms with E-state index in [4.69, 9.17) is 4.74 Å². The average molecular weight is 372 g/mol. The van der Waals surface area contributed by atoms with E-state index >= 15 is 0 Å². The van der Waals surface area contributed by atoms with Crippen LogP contribution in [0.3, 0.4) is 0 Å². The Bertz CT molecular complexity index is 821. The molecule has 2 aromatic carbocycles. The fourth-order valence-electron chi connectivity index (χ4n) is 2.63. The molecule has 0 spiro atoms. The lowest BCUT2D eigenvalue weighted by Crippen LogP contribution is -2.47. The van der Waals surface area contributed by atoms with Crippen molar-refractivity contribution >= 4 is 17.5 Å². The van der Waals surface area contributed by atoms with Crippen molar-refractivity contribution in [3.63, 3.8) is 0 Å². The summed E-state index contributed by atoms with van der Waals surface area (Å²) in [7, 11) is 0. The summed E-state index contributed by atoms with van der Waals surface area (Å²) in [5, 5.41) is 5.47. The van der Waals surface area contributed by atoms with Crippen molar-refractivity contribution in [1.29, 1.82) is 0 Å². The van der Waals surface area contributed by atoms with Gasteiger partial charge in [-0.3, -0.25) is 9.59 Å². The second-order valence-electron chi connectivity index (χ2n) is 6.57. The highest BCUT2D eigenvalue weighted by molar-refractivity contribution is 6.02. The molecule has 2 amide bonds. The van der Waals surface area contributed by atoms with Crippen LogP contribution in [-0.4, -0.2) is 24.5 Å². The van der Waals surface area contributed by atoms with E-state index in [1.165, 1.54) is 12.1 Å². The zero-order chi connectivity index (χ0) is 20.0. The molecule has 144 valence electrons. The summed E-state index contributed by atoms with van der Waals surface area (Å²) in [6, 6.07) is 10.3. The Kier molecular flexibility index (Phi) is 6.93. The second-order valence-corrected chi connectivity index (χ2v) is 6.57. The van der Waals surface area contributed by atoms with Crippen LogP contribution in [0, 0.1) is 18.7 Å². The van der Waals surface area contributed by atoms with Crippen molar-refractivity contribution in [2.75, 3.05) is 11.9 Å². The summed E-state index contributed by atoms with van der Waals surface area (Å²) in [5.41, 5.74) is 1.48. The van der Waals surface area contributed by atoms with Gasteiger partial charge in [-0.1, -0.05) is 32.0 Å². The van der Waals surface area contributed by atoms with Crippen LogP contribution in [0.5, 0.6) is 5.75 Å². The molecule has 2 aromatic rings. The van der Waals surface area contributed by atoms with Crippen LogP contribution >= 0.6 is 0 Å². The van der Waals surface area contributed by atoms with Gasteiger partial charge in [0.2, 0.25) is 5.91 Å². The molecule has 0 aliphatic heterocycles. The molecule has 0 saturated carbocycles. The third-order valence-corrected chi connectivity index (χ3v) is 4.12. The molecule has 0 bridgehead atoms. The molecule has 2 N–H and O–H groups in total. The molecular weight excluding hydrogens is 347 g/mol. The highest BCUT2D eigenvalue weighted by atomic mass is 19.1. The largest absolute Gasteiger partial charge is 0.493 e. The number of rotatable bonds is 7. The predicted molar refractivity (Wildman–Crippen MR) is 103 cm³/mol. The lowest BCUT2D eigenvalue weighted by atomic mass is 10.0. The maximum absolute atomic E-state index is 13.5. The van der Waals surface area contributed by atoms with Gasteiger partial charge in [-0.05, 0) is 49.6 Å². The lowest BCUT2D eigenvalue weighted by Gasteiger charge is -2.23.